The summed E-state index contributed by atoms with van der Waals surface area (Å²) >= 11 is 0. The molecule has 0 aliphatic rings. The van der Waals surface area contributed by atoms with Crippen molar-refractivity contribution in [3.05, 3.63) is 80.3 Å². The number of non-ortho nitro benzene ring substituents is 1. The number of ether oxygens (including phenoxy) is 1. The molecule has 0 spiro atoms. The Balaban J connectivity index is 1.91. The average molecular weight is 367 g/mol. The Labute approximate surface area is 154 Å². The van der Waals surface area contributed by atoms with E-state index in [4.69, 9.17) is 4.74 Å². The van der Waals surface area contributed by atoms with Crippen molar-refractivity contribution < 1.29 is 14.5 Å². The number of nitro benzene ring substituents is 1. The zero-order valence-electron chi connectivity index (χ0n) is 14.6. The van der Waals surface area contributed by atoms with Gasteiger partial charge >= 0.3 is 5.97 Å². The molecule has 0 aliphatic carbocycles. The molecule has 0 bridgehead atoms. The van der Waals surface area contributed by atoms with Crippen LogP contribution in [0.4, 0.5) is 5.69 Å². The summed E-state index contributed by atoms with van der Waals surface area (Å²) in [6, 6.07) is 12.6. The molecule has 2 aromatic carbocycles. The Morgan fingerprint density at radius 3 is 2.63 bits per heavy atom. The summed E-state index contributed by atoms with van der Waals surface area (Å²) in [4.78, 5) is 35.4. The molecule has 0 aliphatic heterocycles. The molecule has 0 N–H and O–H groups in total. The van der Waals surface area contributed by atoms with Crippen molar-refractivity contribution in [1.82, 2.24) is 9.78 Å². The van der Waals surface area contributed by atoms with Crippen LogP contribution in [0.1, 0.15) is 29.4 Å². The van der Waals surface area contributed by atoms with Crippen LogP contribution in [0.15, 0.2) is 53.3 Å². The summed E-state index contributed by atoms with van der Waals surface area (Å²) in [7, 11) is 0. The Kier molecular flexibility index (Phi) is 5.25. The highest BCUT2D eigenvalue weighted by Gasteiger charge is 2.18. The number of carbonyl (C=O) groups is 1. The maximum absolute atomic E-state index is 12.6. The summed E-state index contributed by atoms with van der Waals surface area (Å²) in [5.74, 6) is -0.692. The van der Waals surface area contributed by atoms with Gasteiger partial charge in [-0.3, -0.25) is 14.9 Å². The SMILES string of the molecule is CCCn1nc(C(=O)OCc2cccc([N+](=O)[O-])c2)c2ccccc2c1=O. The molecular formula is C19H17N3O5. The van der Waals surface area contributed by atoms with Gasteiger partial charge in [0.05, 0.1) is 10.3 Å². The number of aryl methyl sites for hydroxylation is 1. The number of nitrogens with zero attached hydrogens (tertiary/aromatic N) is 3. The van der Waals surface area contributed by atoms with Gasteiger partial charge in [0.1, 0.15) is 6.61 Å². The highest BCUT2D eigenvalue weighted by molar-refractivity contribution is 6.02. The predicted molar refractivity (Wildman–Crippen MR) is 98.5 cm³/mol. The maximum Gasteiger partial charge on any atom is 0.359 e. The quantitative estimate of drug-likeness (QED) is 0.377. The fourth-order valence-electron chi connectivity index (χ4n) is 2.73. The molecule has 0 radical (unpaired) electrons. The minimum absolute atomic E-state index is 0.0454. The molecule has 3 rings (SSSR count). The Morgan fingerprint density at radius 1 is 1.19 bits per heavy atom. The van der Waals surface area contributed by atoms with Crippen molar-refractivity contribution >= 4 is 22.4 Å². The molecule has 1 aromatic heterocycles. The number of benzene rings is 2. The molecule has 0 fully saturated rings. The lowest BCUT2D eigenvalue weighted by Gasteiger charge is -2.10. The first-order valence-electron chi connectivity index (χ1n) is 8.41. The first-order chi connectivity index (χ1) is 13.0. The third-order valence-corrected chi connectivity index (χ3v) is 3.99. The predicted octanol–water partition coefficient (Wildman–Crippen LogP) is 3.07. The largest absolute Gasteiger partial charge is 0.456 e. The maximum atomic E-state index is 12.6. The summed E-state index contributed by atoms with van der Waals surface area (Å²) < 4.78 is 6.55. The van der Waals surface area contributed by atoms with Crippen LogP contribution >= 0.6 is 0 Å². The van der Waals surface area contributed by atoms with Crippen LogP contribution in [-0.4, -0.2) is 20.7 Å². The van der Waals surface area contributed by atoms with E-state index in [1.54, 1.807) is 30.3 Å². The first-order valence-corrected chi connectivity index (χ1v) is 8.41. The van der Waals surface area contributed by atoms with Crippen molar-refractivity contribution in [3.8, 4) is 0 Å². The highest BCUT2D eigenvalue weighted by Crippen LogP contribution is 2.17. The summed E-state index contributed by atoms with van der Waals surface area (Å²) in [6.07, 6.45) is 0.688. The molecule has 8 nitrogen and oxygen atoms in total. The smallest absolute Gasteiger partial charge is 0.359 e. The van der Waals surface area contributed by atoms with E-state index < -0.39 is 10.9 Å². The number of rotatable bonds is 6. The third kappa shape index (κ3) is 3.84. The second kappa shape index (κ2) is 7.77. The molecule has 0 saturated heterocycles. The van der Waals surface area contributed by atoms with E-state index in [2.05, 4.69) is 5.10 Å². The number of esters is 1. The Morgan fingerprint density at radius 2 is 1.93 bits per heavy atom. The number of aromatic nitrogens is 2. The molecule has 0 atom stereocenters. The molecular weight excluding hydrogens is 350 g/mol. The minimum Gasteiger partial charge on any atom is -0.456 e. The zero-order valence-corrected chi connectivity index (χ0v) is 14.6. The topological polar surface area (TPSA) is 104 Å². The van der Waals surface area contributed by atoms with Gasteiger partial charge < -0.3 is 4.74 Å². The molecule has 0 saturated carbocycles. The lowest BCUT2D eigenvalue weighted by molar-refractivity contribution is -0.384. The Hall–Kier alpha value is -3.55. The second-order valence-electron chi connectivity index (χ2n) is 5.93. The molecule has 8 heteroatoms. The van der Waals surface area contributed by atoms with Gasteiger partial charge in [-0.2, -0.15) is 5.10 Å². The van der Waals surface area contributed by atoms with Crippen molar-refractivity contribution in [2.75, 3.05) is 0 Å². The fourth-order valence-corrected chi connectivity index (χ4v) is 2.73. The average Bonchev–Trinajstić information content (AvgIpc) is 2.68. The van der Waals surface area contributed by atoms with Gasteiger partial charge in [-0.1, -0.05) is 37.3 Å². The Bertz CT molecular complexity index is 1070. The molecule has 0 unspecified atom stereocenters. The van der Waals surface area contributed by atoms with Gasteiger partial charge in [-0.15, -0.1) is 0 Å². The van der Waals surface area contributed by atoms with Crippen molar-refractivity contribution in [1.29, 1.82) is 0 Å². The second-order valence-corrected chi connectivity index (χ2v) is 5.93. The highest BCUT2D eigenvalue weighted by atomic mass is 16.6. The monoisotopic (exact) mass is 367 g/mol. The van der Waals surface area contributed by atoms with E-state index in [0.717, 1.165) is 0 Å². The van der Waals surface area contributed by atoms with Crippen molar-refractivity contribution in [3.63, 3.8) is 0 Å². The fraction of sp³-hybridized carbons (Fsp3) is 0.211. The van der Waals surface area contributed by atoms with E-state index >= 15 is 0 Å². The van der Waals surface area contributed by atoms with Crippen LogP contribution in [-0.2, 0) is 17.9 Å². The molecule has 0 amide bonds. The van der Waals surface area contributed by atoms with Crippen LogP contribution in [0.3, 0.4) is 0 Å². The van der Waals surface area contributed by atoms with E-state index in [1.165, 1.54) is 22.9 Å². The van der Waals surface area contributed by atoms with Crippen molar-refractivity contribution in [2.24, 2.45) is 0 Å². The van der Waals surface area contributed by atoms with E-state index in [-0.39, 0.29) is 23.5 Å². The van der Waals surface area contributed by atoms with Crippen LogP contribution in [0.2, 0.25) is 0 Å². The van der Waals surface area contributed by atoms with E-state index in [0.29, 0.717) is 29.3 Å². The summed E-state index contributed by atoms with van der Waals surface area (Å²) in [5.41, 5.74) is 0.194. The lowest BCUT2D eigenvalue weighted by atomic mass is 10.1. The molecule has 27 heavy (non-hydrogen) atoms. The standard InChI is InChI=1S/C19H17N3O5/c1-2-10-21-18(23)16-9-4-3-8-15(16)17(20-21)19(24)27-12-13-6-5-7-14(11-13)22(25)26/h3-9,11H,2,10,12H2,1H3. The van der Waals surface area contributed by atoms with Gasteiger partial charge in [0.25, 0.3) is 11.2 Å². The molecule has 3 aromatic rings. The van der Waals surface area contributed by atoms with Crippen molar-refractivity contribution in [2.45, 2.75) is 26.5 Å². The van der Waals surface area contributed by atoms with Gasteiger partial charge in [0.15, 0.2) is 5.69 Å². The van der Waals surface area contributed by atoms with Crippen LogP contribution in [0.5, 0.6) is 0 Å². The number of hydrogen-bond acceptors (Lipinski definition) is 6. The third-order valence-electron chi connectivity index (χ3n) is 3.99. The minimum atomic E-state index is -0.692. The first kappa shape index (κ1) is 18.2. The summed E-state index contributed by atoms with van der Waals surface area (Å²) in [6.45, 7) is 2.15. The van der Waals surface area contributed by atoms with Gasteiger partial charge in [-0.05, 0) is 18.1 Å². The molecule has 138 valence electrons. The lowest BCUT2D eigenvalue weighted by Crippen LogP contribution is -2.26. The van der Waals surface area contributed by atoms with Crippen LogP contribution in [0, 0.1) is 10.1 Å². The zero-order chi connectivity index (χ0) is 19.4. The van der Waals surface area contributed by atoms with Crippen LogP contribution < -0.4 is 5.56 Å². The van der Waals surface area contributed by atoms with Gasteiger partial charge in [0.2, 0.25) is 0 Å². The number of carbonyl (C=O) groups excluding carboxylic acids is 1. The number of fused-ring (bicyclic) bond motifs is 1. The number of nitro groups is 1. The normalized spacial score (nSPS) is 10.7. The molecule has 1 heterocycles. The van der Waals surface area contributed by atoms with Crippen LogP contribution in [0.25, 0.3) is 10.8 Å². The van der Waals surface area contributed by atoms with Gasteiger partial charge in [-0.25, -0.2) is 9.48 Å². The van der Waals surface area contributed by atoms with E-state index in [9.17, 15) is 19.7 Å². The summed E-state index contributed by atoms with van der Waals surface area (Å²) in [5, 5.41) is 15.8. The van der Waals surface area contributed by atoms with E-state index in [1.807, 2.05) is 6.92 Å². The number of hydrogen-bond donors (Lipinski definition) is 0. The van der Waals surface area contributed by atoms with Gasteiger partial charge in [0, 0.05) is 24.1 Å².